The van der Waals surface area contributed by atoms with Crippen LogP contribution in [-0.2, 0) is 4.84 Å². The van der Waals surface area contributed by atoms with Gasteiger partial charge in [-0.25, -0.2) is 4.79 Å². The molecule has 0 saturated heterocycles. The highest BCUT2D eigenvalue weighted by atomic mass is 16.7. The standard InChI is InChI=1S/C20H19NO2/c1-15-10-12-17(13-11-15)20(22)23-21-19-9-5-8-18(19)14-16-6-3-2-4-7-16/h2-4,6-7,10-14H,5,8-9H2,1H3/b18-14+,21-19-. The molecule has 0 unspecified atom stereocenters. The summed E-state index contributed by atoms with van der Waals surface area (Å²) in [4.78, 5) is 17.2. The zero-order valence-electron chi connectivity index (χ0n) is 13.2. The molecule has 3 heteroatoms. The van der Waals surface area contributed by atoms with Crippen molar-refractivity contribution >= 4 is 17.8 Å². The van der Waals surface area contributed by atoms with Gasteiger partial charge in [0.25, 0.3) is 0 Å². The van der Waals surface area contributed by atoms with Crippen molar-refractivity contribution in [2.45, 2.75) is 26.2 Å². The first-order valence-electron chi connectivity index (χ1n) is 7.83. The Bertz CT molecular complexity index is 743. The third-order valence-corrected chi connectivity index (χ3v) is 3.90. The lowest BCUT2D eigenvalue weighted by Crippen LogP contribution is -2.04. The lowest BCUT2D eigenvalue weighted by atomic mass is 10.1. The first-order chi connectivity index (χ1) is 11.2. The molecule has 1 fully saturated rings. The minimum absolute atomic E-state index is 0.413. The Balaban J connectivity index is 1.72. The molecule has 0 N–H and O–H groups in total. The van der Waals surface area contributed by atoms with Gasteiger partial charge in [-0.15, -0.1) is 0 Å². The molecule has 23 heavy (non-hydrogen) atoms. The molecule has 3 rings (SSSR count). The Labute approximate surface area is 136 Å². The van der Waals surface area contributed by atoms with Crippen molar-refractivity contribution in [3.8, 4) is 0 Å². The van der Waals surface area contributed by atoms with E-state index in [1.807, 2.05) is 37.3 Å². The summed E-state index contributed by atoms with van der Waals surface area (Å²) in [7, 11) is 0. The molecule has 0 atom stereocenters. The van der Waals surface area contributed by atoms with Crippen LogP contribution in [0.25, 0.3) is 6.08 Å². The van der Waals surface area contributed by atoms with E-state index in [2.05, 4.69) is 23.4 Å². The molecule has 116 valence electrons. The second kappa shape index (κ2) is 7.05. The molecule has 2 aromatic rings. The van der Waals surface area contributed by atoms with E-state index in [0.717, 1.165) is 41.7 Å². The van der Waals surface area contributed by atoms with E-state index in [9.17, 15) is 4.79 Å². The smallest absolute Gasteiger partial charge is 0.313 e. The van der Waals surface area contributed by atoms with E-state index in [-0.39, 0.29) is 0 Å². The Hall–Kier alpha value is -2.68. The molecule has 3 nitrogen and oxygen atoms in total. The minimum atomic E-state index is -0.413. The predicted octanol–water partition coefficient (Wildman–Crippen LogP) is 4.78. The van der Waals surface area contributed by atoms with Crippen molar-refractivity contribution in [3.05, 3.63) is 76.9 Å². The number of benzene rings is 2. The van der Waals surface area contributed by atoms with E-state index in [4.69, 9.17) is 4.84 Å². The molecule has 0 heterocycles. The number of hydrogen-bond acceptors (Lipinski definition) is 3. The zero-order chi connectivity index (χ0) is 16.1. The summed E-state index contributed by atoms with van der Waals surface area (Å²) in [5.41, 5.74) is 4.78. The van der Waals surface area contributed by atoms with Gasteiger partial charge in [-0.3, -0.25) is 0 Å². The third kappa shape index (κ3) is 3.95. The first kappa shape index (κ1) is 15.2. The van der Waals surface area contributed by atoms with Gasteiger partial charge in [-0.05, 0) is 55.5 Å². The monoisotopic (exact) mass is 305 g/mol. The summed E-state index contributed by atoms with van der Waals surface area (Å²) >= 11 is 0. The summed E-state index contributed by atoms with van der Waals surface area (Å²) in [5, 5.41) is 4.10. The number of aryl methyl sites for hydroxylation is 1. The highest BCUT2D eigenvalue weighted by Crippen LogP contribution is 2.24. The Morgan fingerprint density at radius 1 is 1.04 bits per heavy atom. The maximum Gasteiger partial charge on any atom is 0.365 e. The Morgan fingerprint density at radius 2 is 1.78 bits per heavy atom. The molecule has 0 spiro atoms. The normalized spacial score (nSPS) is 17.6. The molecule has 1 aliphatic rings. The molecule has 0 aliphatic heterocycles. The molecule has 0 radical (unpaired) electrons. The van der Waals surface area contributed by atoms with Crippen molar-refractivity contribution in [1.29, 1.82) is 0 Å². The highest BCUT2D eigenvalue weighted by Gasteiger charge is 2.17. The number of hydrogen-bond donors (Lipinski definition) is 0. The number of carbonyl (C=O) groups excluding carboxylic acids is 1. The van der Waals surface area contributed by atoms with Crippen LogP contribution in [0.2, 0.25) is 0 Å². The number of carbonyl (C=O) groups is 1. The second-order valence-corrected chi connectivity index (χ2v) is 5.72. The van der Waals surface area contributed by atoms with Crippen LogP contribution < -0.4 is 0 Å². The maximum atomic E-state index is 12.0. The van der Waals surface area contributed by atoms with Crippen molar-refractivity contribution in [2.75, 3.05) is 0 Å². The number of nitrogens with zero attached hydrogens (tertiary/aromatic N) is 1. The number of allylic oxidation sites excluding steroid dienone is 1. The quantitative estimate of drug-likeness (QED) is 0.605. The van der Waals surface area contributed by atoms with Crippen LogP contribution in [0.4, 0.5) is 0 Å². The van der Waals surface area contributed by atoms with Crippen LogP contribution in [0.1, 0.15) is 40.7 Å². The van der Waals surface area contributed by atoms with Gasteiger partial charge in [-0.2, -0.15) is 0 Å². The summed E-state index contributed by atoms with van der Waals surface area (Å²) in [6, 6.07) is 17.4. The van der Waals surface area contributed by atoms with Crippen LogP contribution >= 0.6 is 0 Å². The van der Waals surface area contributed by atoms with E-state index >= 15 is 0 Å². The molecule has 1 saturated carbocycles. The highest BCUT2D eigenvalue weighted by molar-refractivity contribution is 6.05. The van der Waals surface area contributed by atoms with Gasteiger partial charge in [0.05, 0.1) is 11.3 Å². The van der Waals surface area contributed by atoms with Crippen LogP contribution in [-0.4, -0.2) is 11.7 Å². The van der Waals surface area contributed by atoms with Gasteiger partial charge in [0.15, 0.2) is 0 Å². The van der Waals surface area contributed by atoms with Crippen molar-refractivity contribution in [3.63, 3.8) is 0 Å². The van der Waals surface area contributed by atoms with Crippen LogP contribution in [0.5, 0.6) is 0 Å². The maximum absolute atomic E-state index is 12.0. The topological polar surface area (TPSA) is 38.7 Å². The Kier molecular flexibility index (Phi) is 4.67. The summed E-state index contributed by atoms with van der Waals surface area (Å²) in [6.07, 6.45) is 4.97. The molecule has 0 aromatic heterocycles. The lowest BCUT2D eigenvalue weighted by Gasteiger charge is -2.02. The van der Waals surface area contributed by atoms with E-state index in [0.29, 0.717) is 5.56 Å². The van der Waals surface area contributed by atoms with Gasteiger partial charge in [0, 0.05) is 0 Å². The van der Waals surface area contributed by atoms with E-state index < -0.39 is 5.97 Å². The van der Waals surface area contributed by atoms with Gasteiger partial charge in [0.2, 0.25) is 0 Å². The van der Waals surface area contributed by atoms with Gasteiger partial charge >= 0.3 is 5.97 Å². The van der Waals surface area contributed by atoms with Crippen LogP contribution in [0.15, 0.2) is 65.3 Å². The molecule has 1 aliphatic carbocycles. The SMILES string of the molecule is Cc1ccc(C(=O)O/N=C2/CCC/C2=C\c2ccccc2)cc1. The fraction of sp³-hybridized carbons (Fsp3) is 0.200. The van der Waals surface area contributed by atoms with Gasteiger partial charge in [0.1, 0.15) is 0 Å². The summed E-state index contributed by atoms with van der Waals surface area (Å²) in [6.45, 7) is 1.98. The fourth-order valence-electron chi connectivity index (χ4n) is 2.60. The van der Waals surface area contributed by atoms with Gasteiger partial charge in [-0.1, -0.05) is 53.2 Å². The van der Waals surface area contributed by atoms with Gasteiger partial charge < -0.3 is 4.84 Å². The molecule has 0 bridgehead atoms. The van der Waals surface area contributed by atoms with Crippen LogP contribution in [0.3, 0.4) is 0 Å². The number of oxime groups is 1. The van der Waals surface area contributed by atoms with Crippen molar-refractivity contribution in [1.82, 2.24) is 0 Å². The summed E-state index contributed by atoms with van der Waals surface area (Å²) < 4.78 is 0. The predicted molar refractivity (Wildman–Crippen MR) is 92.3 cm³/mol. The molecule has 0 amide bonds. The second-order valence-electron chi connectivity index (χ2n) is 5.72. The third-order valence-electron chi connectivity index (χ3n) is 3.90. The van der Waals surface area contributed by atoms with Crippen molar-refractivity contribution in [2.24, 2.45) is 5.16 Å². The lowest BCUT2D eigenvalue weighted by molar-refractivity contribution is 0.0516. The Morgan fingerprint density at radius 3 is 2.52 bits per heavy atom. The fourth-order valence-corrected chi connectivity index (χ4v) is 2.60. The average molecular weight is 305 g/mol. The molecule has 2 aromatic carbocycles. The first-order valence-corrected chi connectivity index (χ1v) is 7.83. The van der Waals surface area contributed by atoms with E-state index in [1.54, 1.807) is 12.1 Å². The largest absolute Gasteiger partial charge is 0.365 e. The molecular weight excluding hydrogens is 286 g/mol. The van der Waals surface area contributed by atoms with Crippen molar-refractivity contribution < 1.29 is 9.63 Å². The zero-order valence-corrected chi connectivity index (χ0v) is 13.2. The number of rotatable bonds is 3. The summed E-state index contributed by atoms with van der Waals surface area (Å²) in [5.74, 6) is -0.413. The molecular formula is C20H19NO2. The van der Waals surface area contributed by atoms with Crippen LogP contribution in [0, 0.1) is 6.92 Å². The minimum Gasteiger partial charge on any atom is -0.313 e. The van der Waals surface area contributed by atoms with E-state index in [1.165, 1.54) is 0 Å². The average Bonchev–Trinajstić information content (AvgIpc) is 3.01.